The molecule has 86 valence electrons. The number of Topliss-reactive ketones (excluding diaryl/α,β-unsaturated/α-hetero) is 1. The van der Waals surface area contributed by atoms with Gasteiger partial charge in [0.2, 0.25) is 5.78 Å². The average Bonchev–Trinajstić information content (AvgIpc) is 2.30. The zero-order valence-corrected chi connectivity index (χ0v) is 9.14. The highest BCUT2D eigenvalue weighted by molar-refractivity contribution is 6.33. The molecule has 0 amide bonds. The van der Waals surface area contributed by atoms with Crippen LogP contribution in [0, 0.1) is 0 Å². The van der Waals surface area contributed by atoms with E-state index in [1.54, 1.807) is 19.1 Å². The second-order valence-corrected chi connectivity index (χ2v) is 3.06. The van der Waals surface area contributed by atoms with E-state index in [1.165, 1.54) is 0 Å². The van der Waals surface area contributed by atoms with Gasteiger partial charge < -0.3 is 9.47 Å². The Morgan fingerprint density at radius 3 is 2.50 bits per heavy atom. The molecular formula is C12H14O4. The van der Waals surface area contributed by atoms with Gasteiger partial charge in [0.15, 0.2) is 0 Å². The van der Waals surface area contributed by atoms with Crippen molar-refractivity contribution < 1.29 is 19.1 Å². The summed E-state index contributed by atoms with van der Waals surface area (Å²) >= 11 is 0. The van der Waals surface area contributed by atoms with Gasteiger partial charge in [-0.05, 0) is 19.1 Å². The molecule has 0 spiro atoms. The number of carbonyl (C=O) groups is 2. The summed E-state index contributed by atoms with van der Waals surface area (Å²) in [5, 5.41) is 0. The molecule has 0 aromatic heterocycles. The van der Waals surface area contributed by atoms with Crippen LogP contribution in [0.25, 0.3) is 0 Å². The third-order valence-corrected chi connectivity index (χ3v) is 1.84. The molecule has 1 rings (SSSR count). The molecule has 4 nitrogen and oxygen atoms in total. The maximum atomic E-state index is 11.2. The van der Waals surface area contributed by atoms with Crippen LogP contribution >= 0.6 is 0 Å². The van der Waals surface area contributed by atoms with Gasteiger partial charge in [-0.25, -0.2) is 4.79 Å². The van der Waals surface area contributed by atoms with Crippen LogP contribution in [0.1, 0.15) is 13.3 Å². The van der Waals surface area contributed by atoms with Gasteiger partial charge in [-0.3, -0.25) is 4.79 Å². The first-order valence-electron chi connectivity index (χ1n) is 5.12. The predicted molar refractivity (Wildman–Crippen MR) is 58.2 cm³/mol. The van der Waals surface area contributed by atoms with Crippen molar-refractivity contribution in [3.63, 3.8) is 0 Å². The highest BCUT2D eigenvalue weighted by Gasteiger charge is 2.14. The van der Waals surface area contributed by atoms with Gasteiger partial charge in [-0.1, -0.05) is 18.2 Å². The van der Waals surface area contributed by atoms with Crippen molar-refractivity contribution in [3.8, 4) is 5.75 Å². The van der Waals surface area contributed by atoms with Gasteiger partial charge in [0, 0.05) is 0 Å². The summed E-state index contributed by atoms with van der Waals surface area (Å²) in [5.41, 5.74) is 0. The van der Waals surface area contributed by atoms with Crippen molar-refractivity contribution in [2.75, 3.05) is 13.2 Å². The number of benzene rings is 1. The van der Waals surface area contributed by atoms with E-state index in [0.717, 1.165) is 0 Å². The normalized spacial score (nSPS) is 9.56. The Balaban J connectivity index is 2.26. The number of esters is 1. The Kier molecular flexibility index (Phi) is 5.05. The van der Waals surface area contributed by atoms with Crippen molar-refractivity contribution in [2.24, 2.45) is 0 Å². The fourth-order valence-corrected chi connectivity index (χ4v) is 1.09. The highest BCUT2D eigenvalue weighted by atomic mass is 16.5. The lowest BCUT2D eigenvalue weighted by atomic mass is 10.3. The van der Waals surface area contributed by atoms with Gasteiger partial charge in [0.05, 0.1) is 19.6 Å². The maximum Gasteiger partial charge on any atom is 0.374 e. The summed E-state index contributed by atoms with van der Waals surface area (Å²) in [6, 6.07) is 9.12. The summed E-state index contributed by atoms with van der Waals surface area (Å²) in [7, 11) is 0. The number of rotatable bonds is 6. The molecule has 0 fully saturated rings. The van der Waals surface area contributed by atoms with Crippen LogP contribution in [-0.4, -0.2) is 25.0 Å². The zero-order valence-electron chi connectivity index (χ0n) is 9.14. The molecule has 0 saturated carbocycles. The molecule has 0 heterocycles. The molecule has 0 bridgehead atoms. The minimum atomic E-state index is -0.792. The largest absolute Gasteiger partial charge is 0.493 e. The van der Waals surface area contributed by atoms with Crippen molar-refractivity contribution in [1.29, 1.82) is 0 Å². The second kappa shape index (κ2) is 6.61. The van der Waals surface area contributed by atoms with Gasteiger partial charge >= 0.3 is 5.97 Å². The molecule has 0 aliphatic rings. The summed E-state index contributed by atoms with van der Waals surface area (Å²) in [5.74, 6) is -0.670. The monoisotopic (exact) mass is 222 g/mol. The van der Waals surface area contributed by atoms with Crippen molar-refractivity contribution in [1.82, 2.24) is 0 Å². The van der Waals surface area contributed by atoms with Gasteiger partial charge in [0.25, 0.3) is 0 Å². The Bertz CT molecular complexity index is 345. The molecule has 0 aliphatic carbocycles. The third-order valence-electron chi connectivity index (χ3n) is 1.84. The Labute approximate surface area is 94.2 Å². The second-order valence-electron chi connectivity index (χ2n) is 3.06. The van der Waals surface area contributed by atoms with Crippen LogP contribution in [0.4, 0.5) is 0 Å². The van der Waals surface area contributed by atoms with Crippen molar-refractivity contribution >= 4 is 11.8 Å². The smallest absolute Gasteiger partial charge is 0.374 e. The molecule has 1 aromatic rings. The molecule has 0 saturated heterocycles. The molecule has 1 aromatic carbocycles. The molecule has 16 heavy (non-hydrogen) atoms. The minimum Gasteiger partial charge on any atom is -0.493 e. The first-order chi connectivity index (χ1) is 7.74. The SMILES string of the molecule is CCOC(=O)C(=O)CCOc1ccccc1. The molecular weight excluding hydrogens is 208 g/mol. The fourth-order valence-electron chi connectivity index (χ4n) is 1.09. The number of ketones is 1. The lowest BCUT2D eigenvalue weighted by Crippen LogP contribution is -2.19. The van der Waals surface area contributed by atoms with E-state index in [4.69, 9.17) is 4.74 Å². The topological polar surface area (TPSA) is 52.6 Å². The number of ether oxygens (including phenoxy) is 2. The number of hydrogen-bond donors (Lipinski definition) is 0. The van der Waals surface area contributed by atoms with Crippen LogP contribution in [0.2, 0.25) is 0 Å². The summed E-state index contributed by atoms with van der Waals surface area (Å²) < 4.78 is 9.84. The summed E-state index contributed by atoms with van der Waals surface area (Å²) in [6.45, 7) is 2.05. The van der Waals surface area contributed by atoms with E-state index in [-0.39, 0.29) is 19.6 Å². The first kappa shape index (κ1) is 12.2. The number of hydrogen-bond acceptors (Lipinski definition) is 4. The average molecular weight is 222 g/mol. The van der Waals surface area contributed by atoms with E-state index in [9.17, 15) is 9.59 Å². The van der Waals surface area contributed by atoms with Crippen LogP contribution in [-0.2, 0) is 14.3 Å². The Morgan fingerprint density at radius 1 is 1.19 bits per heavy atom. The van der Waals surface area contributed by atoms with Crippen LogP contribution in [0.15, 0.2) is 30.3 Å². The van der Waals surface area contributed by atoms with Crippen LogP contribution < -0.4 is 4.74 Å². The molecule has 0 aliphatic heterocycles. The Hall–Kier alpha value is -1.84. The minimum absolute atomic E-state index is 0.0354. The van der Waals surface area contributed by atoms with Crippen molar-refractivity contribution in [3.05, 3.63) is 30.3 Å². The van der Waals surface area contributed by atoms with Crippen molar-refractivity contribution in [2.45, 2.75) is 13.3 Å². The van der Waals surface area contributed by atoms with E-state index in [2.05, 4.69) is 4.74 Å². The molecule has 0 atom stereocenters. The first-order valence-corrected chi connectivity index (χ1v) is 5.12. The lowest BCUT2D eigenvalue weighted by molar-refractivity contribution is -0.153. The molecule has 0 unspecified atom stereocenters. The Morgan fingerprint density at radius 2 is 1.88 bits per heavy atom. The van der Waals surface area contributed by atoms with E-state index < -0.39 is 11.8 Å². The van der Waals surface area contributed by atoms with Gasteiger partial charge in [-0.15, -0.1) is 0 Å². The van der Waals surface area contributed by atoms with Crippen LogP contribution in [0.5, 0.6) is 5.75 Å². The van der Waals surface area contributed by atoms with E-state index >= 15 is 0 Å². The number of carbonyl (C=O) groups excluding carboxylic acids is 2. The zero-order chi connectivity index (χ0) is 11.8. The maximum absolute atomic E-state index is 11.2. The van der Waals surface area contributed by atoms with Gasteiger partial charge in [-0.2, -0.15) is 0 Å². The quantitative estimate of drug-likeness (QED) is 0.541. The predicted octanol–water partition coefficient (Wildman–Crippen LogP) is 1.59. The molecule has 0 radical (unpaired) electrons. The van der Waals surface area contributed by atoms with Gasteiger partial charge in [0.1, 0.15) is 5.75 Å². The van der Waals surface area contributed by atoms with E-state index in [0.29, 0.717) is 5.75 Å². The molecule has 0 N–H and O–H groups in total. The van der Waals surface area contributed by atoms with E-state index in [1.807, 2.05) is 18.2 Å². The molecule has 4 heteroatoms. The standard InChI is InChI=1S/C12H14O4/c1-2-15-12(14)11(13)8-9-16-10-6-4-3-5-7-10/h3-7H,2,8-9H2,1H3. The summed E-state index contributed by atoms with van der Waals surface area (Å²) in [6.07, 6.45) is 0.0354. The highest BCUT2D eigenvalue weighted by Crippen LogP contribution is 2.08. The number of para-hydroxylation sites is 1. The summed E-state index contributed by atoms with van der Waals surface area (Å²) in [4.78, 5) is 22.1. The lowest BCUT2D eigenvalue weighted by Gasteiger charge is -2.04. The fraction of sp³-hybridized carbons (Fsp3) is 0.333. The third kappa shape index (κ3) is 4.13. The van der Waals surface area contributed by atoms with Crippen LogP contribution in [0.3, 0.4) is 0 Å².